The van der Waals surface area contributed by atoms with E-state index in [1.807, 2.05) is 6.92 Å². The van der Waals surface area contributed by atoms with E-state index < -0.39 is 19.7 Å². The van der Waals surface area contributed by atoms with Gasteiger partial charge in [0, 0.05) is 25.2 Å². The average Bonchev–Trinajstić information content (AvgIpc) is 2.25. The van der Waals surface area contributed by atoms with Crippen molar-refractivity contribution in [3.8, 4) is 0 Å². The second-order valence-electron chi connectivity index (χ2n) is 5.55. The molecule has 112 valence electrons. The van der Waals surface area contributed by atoms with Gasteiger partial charge in [-0.25, -0.2) is 16.8 Å². The fourth-order valence-electron chi connectivity index (χ4n) is 2.74. The summed E-state index contributed by atoms with van der Waals surface area (Å²) in [4.78, 5) is 2.14. The molecule has 8 heteroatoms. The first-order chi connectivity index (χ1) is 8.77. The predicted octanol–water partition coefficient (Wildman–Crippen LogP) is -1.12. The maximum Gasteiger partial charge on any atom is 0.153 e. The second kappa shape index (κ2) is 5.67. The Morgan fingerprint density at radius 2 is 1.79 bits per heavy atom. The van der Waals surface area contributed by atoms with Gasteiger partial charge in [0.15, 0.2) is 19.7 Å². The number of rotatable bonds is 3. The first kappa shape index (κ1) is 15.2. The first-order valence-corrected chi connectivity index (χ1v) is 10.3. The summed E-state index contributed by atoms with van der Waals surface area (Å²) in [5.41, 5.74) is 0. The minimum absolute atomic E-state index is 0.00415. The van der Waals surface area contributed by atoms with Crippen molar-refractivity contribution >= 4 is 19.7 Å². The van der Waals surface area contributed by atoms with Gasteiger partial charge in [0.25, 0.3) is 0 Å². The van der Waals surface area contributed by atoms with Crippen LogP contribution in [-0.2, 0) is 19.7 Å². The molecular weight excluding hydrogens is 288 g/mol. The average molecular weight is 310 g/mol. The van der Waals surface area contributed by atoms with E-state index in [4.69, 9.17) is 0 Å². The van der Waals surface area contributed by atoms with E-state index in [0.29, 0.717) is 13.1 Å². The Balaban J connectivity index is 1.83. The van der Waals surface area contributed by atoms with Crippen LogP contribution in [0.4, 0.5) is 0 Å². The molecule has 6 nitrogen and oxygen atoms in total. The number of hydrogen-bond acceptors (Lipinski definition) is 6. The summed E-state index contributed by atoms with van der Waals surface area (Å²) in [6.07, 6.45) is 0.754. The molecule has 2 heterocycles. The van der Waals surface area contributed by atoms with Gasteiger partial charge < -0.3 is 5.32 Å². The monoisotopic (exact) mass is 310 g/mol. The van der Waals surface area contributed by atoms with E-state index in [1.165, 1.54) is 0 Å². The lowest BCUT2D eigenvalue weighted by Gasteiger charge is -2.34. The largest absolute Gasteiger partial charge is 0.312 e. The van der Waals surface area contributed by atoms with Crippen molar-refractivity contribution in [2.45, 2.75) is 25.4 Å². The molecule has 2 aliphatic heterocycles. The van der Waals surface area contributed by atoms with Gasteiger partial charge in [0.05, 0.1) is 23.0 Å². The van der Waals surface area contributed by atoms with Crippen LogP contribution in [0.5, 0.6) is 0 Å². The van der Waals surface area contributed by atoms with Gasteiger partial charge in [-0.1, -0.05) is 0 Å². The van der Waals surface area contributed by atoms with Crippen LogP contribution >= 0.6 is 0 Å². The van der Waals surface area contributed by atoms with E-state index in [-0.39, 0.29) is 35.1 Å². The normalized spacial score (nSPS) is 35.0. The second-order valence-corrected chi connectivity index (χ2v) is 10.0. The van der Waals surface area contributed by atoms with E-state index in [9.17, 15) is 16.8 Å². The standard InChI is InChI=1S/C11H22N2O4S2/c1-10-8-19(16,17)7-5-13(10)4-2-11-9-18(14,15)6-3-12-11/h10-12H,2-9H2,1H3. The molecule has 2 unspecified atom stereocenters. The third kappa shape index (κ3) is 4.40. The summed E-state index contributed by atoms with van der Waals surface area (Å²) in [5.74, 6) is 0.854. The highest BCUT2D eigenvalue weighted by Crippen LogP contribution is 2.13. The summed E-state index contributed by atoms with van der Waals surface area (Å²) in [7, 11) is -5.77. The van der Waals surface area contributed by atoms with Crippen LogP contribution in [-0.4, -0.2) is 76.5 Å². The van der Waals surface area contributed by atoms with Crippen molar-refractivity contribution in [2.24, 2.45) is 0 Å². The lowest BCUT2D eigenvalue weighted by molar-refractivity contribution is 0.216. The Hall–Kier alpha value is -0.180. The molecule has 0 bridgehead atoms. The summed E-state index contributed by atoms with van der Waals surface area (Å²) in [5, 5.41) is 3.22. The fraction of sp³-hybridized carbons (Fsp3) is 1.00. The van der Waals surface area contributed by atoms with Gasteiger partial charge in [-0.3, -0.25) is 4.90 Å². The zero-order valence-electron chi connectivity index (χ0n) is 11.2. The Kier molecular flexibility index (Phi) is 4.54. The SMILES string of the molecule is CC1CS(=O)(=O)CCN1CCC1CS(=O)(=O)CCN1. The van der Waals surface area contributed by atoms with Crippen LogP contribution in [0.15, 0.2) is 0 Å². The number of nitrogens with zero attached hydrogens (tertiary/aromatic N) is 1. The maximum absolute atomic E-state index is 11.5. The quantitative estimate of drug-likeness (QED) is 0.711. The molecule has 2 aliphatic rings. The lowest BCUT2D eigenvalue weighted by Crippen LogP contribution is -2.50. The molecule has 19 heavy (non-hydrogen) atoms. The molecule has 0 amide bonds. The molecule has 0 aromatic carbocycles. The van der Waals surface area contributed by atoms with Crippen LogP contribution in [0.2, 0.25) is 0 Å². The molecule has 2 fully saturated rings. The molecule has 2 saturated heterocycles. The van der Waals surface area contributed by atoms with E-state index >= 15 is 0 Å². The first-order valence-electron chi connectivity index (χ1n) is 6.66. The summed E-state index contributed by atoms with van der Waals surface area (Å²) >= 11 is 0. The molecule has 2 atom stereocenters. The number of hydrogen-bond donors (Lipinski definition) is 1. The van der Waals surface area contributed by atoms with Crippen molar-refractivity contribution < 1.29 is 16.8 Å². The van der Waals surface area contributed by atoms with Crippen molar-refractivity contribution in [1.82, 2.24) is 10.2 Å². The number of sulfone groups is 2. The summed E-state index contributed by atoms with van der Waals surface area (Å²) in [6.45, 7) is 3.76. The van der Waals surface area contributed by atoms with Crippen LogP contribution < -0.4 is 5.32 Å². The number of nitrogens with one attached hydrogen (secondary N) is 1. The molecular formula is C11H22N2O4S2. The Labute approximate surface area is 115 Å². The zero-order chi connectivity index (χ0) is 14.1. The van der Waals surface area contributed by atoms with Crippen molar-refractivity contribution in [1.29, 1.82) is 0 Å². The molecule has 2 rings (SSSR count). The Morgan fingerprint density at radius 3 is 2.42 bits per heavy atom. The van der Waals surface area contributed by atoms with Crippen LogP contribution in [0.25, 0.3) is 0 Å². The summed E-state index contributed by atoms with van der Waals surface area (Å²) in [6, 6.07) is 0.0310. The maximum atomic E-state index is 11.5. The smallest absolute Gasteiger partial charge is 0.153 e. The molecule has 0 aromatic heterocycles. The van der Waals surface area contributed by atoms with Crippen LogP contribution in [0, 0.1) is 0 Å². The predicted molar refractivity (Wildman–Crippen MR) is 74.8 cm³/mol. The molecule has 0 aliphatic carbocycles. The van der Waals surface area contributed by atoms with E-state index in [2.05, 4.69) is 10.2 Å². The fourth-order valence-corrected chi connectivity index (χ4v) is 5.86. The van der Waals surface area contributed by atoms with E-state index in [1.54, 1.807) is 0 Å². The van der Waals surface area contributed by atoms with Crippen LogP contribution in [0.3, 0.4) is 0 Å². The molecule has 0 saturated carbocycles. The third-order valence-corrected chi connectivity index (χ3v) is 7.41. The highest BCUT2D eigenvalue weighted by Gasteiger charge is 2.29. The minimum atomic E-state index is -2.89. The van der Waals surface area contributed by atoms with Gasteiger partial charge in [0.2, 0.25) is 0 Å². The van der Waals surface area contributed by atoms with Gasteiger partial charge in [0.1, 0.15) is 0 Å². The Bertz CT molecular complexity index is 515. The topological polar surface area (TPSA) is 83.6 Å². The van der Waals surface area contributed by atoms with Crippen LogP contribution in [0.1, 0.15) is 13.3 Å². The molecule has 1 N–H and O–H groups in total. The molecule has 0 spiro atoms. The lowest BCUT2D eigenvalue weighted by atomic mass is 10.2. The van der Waals surface area contributed by atoms with Gasteiger partial charge in [-0.05, 0) is 19.9 Å². The van der Waals surface area contributed by atoms with Crippen molar-refractivity contribution in [3.05, 3.63) is 0 Å². The van der Waals surface area contributed by atoms with Gasteiger partial charge in [-0.15, -0.1) is 0 Å². The van der Waals surface area contributed by atoms with Crippen molar-refractivity contribution in [3.63, 3.8) is 0 Å². The summed E-state index contributed by atoms with van der Waals surface area (Å²) < 4.78 is 46.0. The minimum Gasteiger partial charge on any atom is -0.312 e. The van der Waals surface area contributed by atoms with Gasteiger partial charge >= 0.3 is 0 Å². The molecule has 0 aromatic rings. The zero-order valence-corrected chi connectivity index (χ0v) is 12.8. The highest BCUT2D eigenvalue weighted by atomic mass is 32.2. The Morgan fingerprint density at radius 1 is 1.11 bits per heavy atom. The third-order valence-electron chi connectivity index (χ3n) is 3.87. The van der Waals surface area contributed by atoms with Gasteiger partial charge in [-0.2, -0.15) is 0 Å². The van der Waals surface area contributed by atoms with E-state index in [0.717, 1.165) is 13.0 Å². The van der Waals surface area contributed by atoms with Crippen molar-refractivity contribution in [2.75, 3.05) is 42.6 Å². The molecule has 0 radical (unpaired) electrons. The highest BCUT2D eigenvalue weighted by molar-refractivity contribution is 7.91.